The zero-order chi connectivity index (χ0) is 11.3. The number of nitrogens with one attached hydrogen (secondary N) is 2. The summed E-state index contributed by atoms with van der Waals surface area (Å²) in [6.07, 6.45) is 1.64. The zero-order valence-corrected chi connectivity index (χ0v) is 10.3. The normalized spacial score (nSPS) is 10.4. The van der Waals surface area contributed by atoms with E-state index >= 15 is 0 Å². The molecule has 5 heteroatoms. The molecule has 0 radical (unpaired) electrons. The number of carbonyl (C=O) groups excluding carboxylic acids is 1. The molecule has 2 N–H and O–H groups in total. The molecule has 0 saturated carbocycles. The molecule has 0 bridgehead atoms. The molecule has 0 aromatic carbocycles. The van der Waals surface area contributed by atoms with Gasteiger partial charge in [-0.15, -0.1) is 0 Å². The van der Waals surface area contributed by atoms with Crippen LogP contribution in [0.2, 0.25) is 0 Å². The van der Waals surface area contributed by atoms with Crippen LogP contribution in [0.4, 0.5) is 5.82 Å². The van der Waals surface area contributed by atoms with Crippen LogP contribution in [0.1, 0.15) is 13.8 Å². The summed E-state index contributed by atoms with van der Waals surface area (Å²) in [7, 11) is 0. The van der Waals surface area contributed by atoms with E-state index in [1.807, 2.05) is 19.9 Å². The van der Waals surface area contributed by atoms with Crippen molar-refractivity contribution in [1.82, 2.24) is 10.3 Å². The standard InChI is InChI=1S/C10H14BrN3O/c1-7(2)12-6-10(15)14-9-4-3-8(11)5-13-9/h3-5,7,12H,6H2,1-2H3,(H,13,14,15). The molecule has 0 unspecified atom stereocenters. The average Bonchev–Trinajstić information content (AvgIpc) is 2.19. The molecule has 1 rings (SSSR count). The first-order valence-electron chi connectivity index (χ1n) is 4.72. The summed E-state index contributed by atoms with van der Waals surface area (Å²) >= 11 is 3.27. The van der Waals surface area contributed by atoms with Crippen LogP contribution in [0.25, 0.3) is 0 Å². The average molecular weight is 272 g/mol. The molecule has 0 atom stereocenters. The van der Waals surface area contributed by atoms with Gasteiger partial charge in [-0.3, -0.25) is 4.79 Å². The minimum absolute atomic E-state index is 0.0847. The fraction of sp³-hybridized carbons (Fsp3) is 0.400. The molecule has 4 nitrogen and oxygen atoms in total. The first kappa shape index (κ1) is 12.1. The Morgan fingerprint density at radius 3 is 2.80 bits per heavy atom. The SMILES string of the molecule is CC(C)NCC(=O)Nc1ccc(Br)cn1. The van der Waals surface area contributed by atoms with Crippen LogP contribution in [0, 0.1) is 0 Å². The van der Waals surface area contributed by atoms with E-state index in [-0.39, 0.29) is 5.91 Å². The van der Waals surface area contributed by atoms with Gasteiger partial charge in [0, 0.05) is 16.7 Å². The van der Waals surface area contributed by atoms with E-state index in [0.29, 0.717) is 18.4 Å². The molecule has 0 aliphatic heterocycles. The molecule has 0 fully saturated rings. The summed E-state index contributed by atoms with van der Waals surface area (Å²) in [5.74, 6) is 0.479. The quantitative estimate of drug-likeness (QED) is 0.878. The Morgan fingerprint density at radius 2 is 2.27 bits per heavy atom. The smallest absolute Gasteiger partial charge is 0.239 e. The number of hydrogen-bond acceptors (Lipinski definition) is 3. The van der Waals surface area contributed by atoms with Crippen molar-refractivity contribution in [3.05, 3.63) is 22.8 Å². The van der Waals surface area contributed by atoms with Crippen molar-refractivity contribution in [3.63, 3.8) is 0 Å². The third-order valence-electron chi connectivity index (χ3n) is 1.67. The number of nitrogens with zero attached hydrogens (tertiary/aromatic N) is 1. The third-order valence-corrected chi connectivity index (χ3v) is 2.13. The third kappa shape index (κ3) is 4.90. The van der Waals surface area contributed by atoms with E-state index in [4.69, 9.17) is 0 Å². The monoisotopic (exact) mass is 271 g/mol. The molecule has 1 aromatic rings. The van der Waals surface area contributed by atoms with E-state index in [0.717, 1.165) is 4.47 Å². The van der Waals surface area contributed by atoms with Crippen molar-refractivity contribution in [3.8, 4) is 0 Å². The molecule has 15 heavy (non-hydrogen) atoms. The summed E-state index contributed by atoms with van der Waals surface area (Å²) in [4.78, 5) is 15.4. The van der Waals surface area contributed by atoms with Crippen molar-refractivity contribution in [1.29, 1.82) is 0 Å². The molecular weight excluding hydrogens is 258 g/mol. The van der Waals surface area contributed by atoms with Gasteiger partial charge in [0.25, 0.3) is 0 Å². The van der Waals surface area contributed by atoms with Crippen molar-refractivity contribution in [2.45, 2.75) is 19.9 Å². The van der Waals surface area contributed by atoms with Gasteiger partial charge >= 0.3 is 0 Å². The minimum atomic E-state index is -0.0847. The summed E-state index contributed by atoms with van der Waals surface area (Å²) in [5.41, 5.74) is 0. The van der Waals surface area contributed by atoms with Crippen LogP contribution < -0.4 is 10.6 Å². The highest BCUT2D eigenvalue weighted by atomic mass is 79.9. The van der Waals surface area contributed by atoms with Crippen LogP contribution in [-0.2, 0) is 4.79 Å². The second-order valence-electron chi connectivity index (χ2n) is 3.45. The Morgan fingerprint density at radius 1 is 1.53 bits per heavy atom. The molecule has 82 valence electrons. The minimum Gasteiger partial charge on any atom is -0.310 e. The lowest BCUT2D eigenvalue weighted by atomic mass is 10.4. The van der Waals surface area contributed by atoms with E-state index in [9.17, 15) is 4.79 Å². The molecule has 1 amide bonds. The fourth-order valence-corrected chi connectivity index (χ4v) is 1.17. The summed E-state index contributed by atoms with van der Waals surface area (Å²) < 4.78 is 0.890. The van der Waals surface area contributed by atoms with Gasteiger partial charge < -0.3 is 10.6 Å². The van der Waals surface area contributed by atoms with Gasteiger partial charge in [-0.05, 0) is 28.1 Å². The fourth-order valence-electron chi connectivity index (χ4n) is 0.934. The number of pyridine rings is 1. The van der Waals surface area contributed by atoms with Crippen LogP contribution in [0.5, 0.6) is 0 Å². The van der Waals surface area contributed by atoms with Crippen molar-refractivity contribution < 1.29 is 4.79 Å². The molecule has 0 aliphatic carbocycles. The Balaban J connectivity index is 2.41. The Labute approximate surface area is 97.6 Å². The summed E-state index contributed by atoms with van der Waals surface area (Å²) in [6, 6.07) is 3.88. The maximum Gasteiger partial charge on any atom is 0.239 e. The van der Waals surface area contributed by atoms with Crippen molar-refractivity contribution >= 4 is 27.7 Å². The van der Waals surface area contributed by atoms with Gasteiger partial charge in [-0.2, -0.15) is 0 Å². The molecule has 0 aliphatic rings. The summed E-state index contributed by atoms with van der Waals surface area (Å²) in [6.45, 7) is 4.28. The van der Waals surface area contributed by atoms with E-state index in [1.54, 1.807) is 12.3 Å². The Hall–Kier alpha value is -0.940. The van der Waals surface area contributed by atoms with E-state index < -0.39 is 0 Å². The number of carbonyl (C=O) groups is 1. The highest BCUT2D eigenvalue weighted by molar-refractivity contribution is 9.10. The summed E-state index contributed by atoms with van der Waals surface area (Å²) in [5, 5.41) is 5.72. The Bertz CT molecular complexity index is 324. The van der Waals surface area contributed by atoms with Crippen LogP contribution >= 0.6 is 15.9 Å². The number of aromatic nitrogens is 1. The highest BCUT2D eigenvalue weighted by Gasteiger charge is 2.03. The van der Waals surface area contributed by atoms with Crippen LogP contribution in [0.3, 0.4) is 0 Å². The second kappa shape index (κ2) is 5.82. The molecule has 1 heterocycles. The first-order valence-corrected chi connectivity index (χ1v) is 5.52. The van der Waals surface area contributed by atoms with Gasteiger partial charge in [0.1, 0.15) is 5.82 Å². The maximum absolute atomic E-state index is 11.4. The lowest BCUT2D eigenvalue weighted by Crippen LogP contribution is -2.32. The number of rotatable bonds is 4. The van der Waals surface area contributed by atoms with Crippen LogP contribution in [-0.4, -0.2) is 23.5 Å². The van der Waals surface area contributed by atoms with Crippen molar-refractivity contribution in [2.75, 3.05) is 11.9 Å². The maximum atomic E-state index is 11.4. The van der Waals surface area contributed by atoms with Gasteiger partial charge in [0.05, 0.1) is 6.54 Å². The van der Waals surface area contributed by atoms with E-state index in [2.05, 4.69) is 31.5 Å². The molecule has 0 saturated heterocycles. The lowest BCUT2D eigenvalue weighted by molar-refractivity contribution is -0.115. The molecular formula is C10H14BrN3O. The predicted octanol–water partition coefficient (Wildman–Crippen LogP) is 1.78. The topological polar surface area (TPSA) is 54.0 Å². The largest absolute Gasteiger partial charge is 0.310 e. The molecule has 0 spiro atoms. The number of hydrogen-bond donors (Lipinski definition) is 2. The number of halogens is 1. The Kier molecular flexibility index (Phi) is 4.71. The zero-order valence-electron chi connectivity index (χ0n) is 8.75. The van der Waals surface area contributed by atoms with Gasteiger partial charge in [-0.25, -0.2) is 4.98 Å². The first-order chi connectivity index (χ1) is 7.08. The predicted molar refractivity (Wildman–Crippen MR) is 63.7 cm³/mol. The second-order valence-corrected chi connectivity index (χ2v) is 4.36. The number of amides is 1. The van der Waals surface area contributed by atoms with Gasteiger partial charge in [0.2, 0.25) is 5.91 Å². The van der Waals surface area contributed by atoms with Gasteiger partial charge in [-0.1, -0.05) is 13.8 Å². The lowest BCUT2D eigenvalue weighted by Gasteiger charge is -2.08. The number of anilines is 1. The van der Waals surface area contributed by atoms with Crippen LogP contribution in [0.15, 0.2) is 22.8 Å². The van der Waals surface area contributed by atoms with Crippen molar-refractivity contribution in [2.24, 2.45) is 0 Å². The van der Waals surface area contributed by atoms with E-state index in [1.165, 1.54) is 0 Å². The molecule has 1 aromatic heterocycles. The van der Waals surface area contributed by atoms with Gasteiger partial charge in [0.15, 0.2) is 0 Å². The highest BCUT2D eigenvalue weighted by Crippen LogP contribution is 2.09.